The van der Waals surface area contributed by atoms with Gasteiger partial charge in [-0.05, 0) is 42.0 Å². The molecule has 1 saturated heterocycles. The van der Waals surface area contributed by atoms with Crippen LogP contribution < -0.4 is 4.90 Å². The van der Waals surface area contributed by atoms with E-state index in [0.29, 0.717) is 12.0 Å². The van der Waals surface area contributed by atoms with Crippen LogP contribution in [0.3, 0.4) is 0 Å². The van der Waals surface area contributed by atoms with Gasteiger partial charge in [-0.15, -0.1) is 0 Å². The molecule has 148 valence electrons. The Morgan fingerprint density at radius 2 is 1.72 bits per heavy atom. The Balaban J connectivity index is 1.51. The van der Waals surface area contributed by atoms with E-state index in [4.69, 9.17) is 4.74 Å². The second-order valence-electron chi connectivity index (χ2n) is 7.04. The molecule has 29 heavy (non-hydrogen) atoms. The van der Waals surface area contributed by atoms with E-state index in [1.165, 1.54) is 5.69 Å². The first-order valence-corrected chi connectivity index (χ1v) is 10.5. The monoisotopic (exact) mass is 450 g/mol. The normalized spacial score (nSPS) is 14.4. The Bertz CT molecular complexity index is 982. The second kappa shape index (κ2) is 9.25. The van der Waals surface area contributed by atoms with Crippen LogP contribution in [-0.4, -0.2) is 37.6 Å². The van der Waals surface area contributed by atoms with E-state index in [-0.39, 0.29) is 5.75 Å². The summed E-state index contributed by atoms with van der Waals surface area (Å²) in [6, 6.07) is 22.1. The number of phenolic OH excluding ortho intramolecular Hbond substituents is 1. The third-order valence-electron chi connectivity index (χ3n) is 5.00. The number of aromatic hydroxyl groups is 1. The van der Waals surface area contributed by atoms with Gasteiger partial charge in [0, 0.05) is 47.0 Å². The molecule has 0 atom stereocenters. The van der Waals surface area contributed by atoms with Gasteiger partial charge in [0.2, 0.25) is 0 Å². The SMILES string of the molecule is Oc1c(C=Nc2ccc(N3CCOCC3)cc2)cc(Br)cc1Cc1ccccc1. The minimum Gasteiger partial charge on any atom is -0.507 e. The van der Waals surface area contributed by atoms with Crippen molar-refractivity contribution >= 4 is 33.5 Å². The topological polar surface area (TPSA) is 45.1 Å². The van der Waals surface area contributed by atoms with Crippen LogP contribution in [0.1, 0.15) is 16.7 Å². The lowest BCUT2D eigenvalue weighted by molar-refractivity contribution is 0.122. The highest BCUT2D eigenvalue weighted by Gasteiger charge is 2.11. The average Bonchev–Trinajstić information content (AvgIpc) is 2.77. The summed E-state index contributed by atoms with van der Waals surface area (Å²) in [5, 5.41) is 10.7. The average molecular weight is 451 g/mol. The number of nitrogens with zero attached hydrogens (tertiary/aromatic N) is 2. The third-order valence-corrected chi connectivity index (χ3v) is 5.46. The molecule has 4 rings (SSSR count). The molecule has 0 aromatic heterocycles. The molecule has 0 unspecified atom stereocenters. The largest absolute Gasteiger partial charge is 0.507 e. The number of ether oxygens (including phenoxy) is 1. The Morgan fingerprint density at radius 3 is 2.45 bits per heavy atom. The minimum atomic E-state index is 0.269. The fourth-order valence-corrected chi connectivity index (χ4v) is 3.97. The molecule has 0 bridgehead atoms. The molecule has 0 saturated carbocycles. The molecule has 0 radical (unpaired) electrons. The van der Waals surface area contributed by atoms with E-state index in [9.17, 15) is 5.11 Å². The van der Waals surface area contributed by atoms with Crippen molar-refractivity contribution in [2.24, 2.45) is 4.99 Å². The number of halogens is 1. The molecular formula is C24H23BrN2O2. The van der Waals surface area contributed by atoms with Crippen molar-refractivity contribution in [1.82, 2.24) is 0 Å². The summed E-state index contributed by atoms with van der Waals surface area (Å²) in [5.41, 5.74) is 4.76. The van der Waals surface area contributed by atoms with Gasteiger partial charge in [0.25, 0.3) is 0 Å². The molecule has 4 nitrogen and oxygen atoms in total. The maximum Gasteiger partial charge on any atom is 0.127 e. The van der Waals surface area contributed by atoms with Crippen LogP contribution >= 0.6 is 15.9 Å². The fraction of sp³-hybridized carbons (Fsp3) is 0.208. The predicted octanol–water partition coefficient (Wildman–Crippen LogP) is 5.33. The molecule has 3 aromatic carbocycles. The molecule has 0 aliphatic carbocycles. The van der Waals surface area contributed by atoms with Gasteiger partial charge in [-0.3, -0.25) is 4.99 Å². The van der Waals surface area contributed by atoms with Gasteiger partial charge in [-0.25, -0.2) is 0 Å². The van der Waals surface area contributed by atoms with E-state index in [1.54, 1.807) is 6.21 Å². The second-order valence-corrected chi connectivity index (χ2v) is 7.95. The third kappa shape index (κ3) is 5.05. The van der Waals surface area contributed by atoms with Gasteiger partial charge >= 0.3 is 0 Å². The highest BCUT2D eigenvalue weighted by Crippen LogP contribution is 2.29. The fourth-order valence-electron chi connectivity index (χ4n) is 3.44. The summed E-state index contributed by atoms with van der Waals surface area (Å²) in [6.45, 7) is 3.37. The van der Waals surface area contributed by atoms with E-state index in [0.717, 1.165) is 47.6 Å². The minimum absolute atomic E-state index is 0.269. The van der Waals surface area contributed by atoms with Crippen molar-refractivity contribution in [1.29, 1.82) is 0 Å². The lowest BCUT2D eigenvalue weighted by Crippen LogP contribution is -2.36. The summed E-state index contributed by atoms with van der Waals surface area (Å²) < 4.78 is 6.33. The summed E-state index contributed by atoms with van der Waals surface area (Å²) in [5.74, 6) is 0.269. The summed E-state index contributed by atoms with van der Waals surface area (Å²) in [4.78, 5) is 6.88. The first-order valence-electron chi connectivity index (χ1n) is 9.71. The standard InChI is InChI=1S/C24H23BrN2O2/c25-21-15-19(14-18-4-2-1-3-5-18)24(28)20(16-21)17-26-22-6-8-23(9-7-22)27-10-12-29-13-11-27/h1-9,15-17,28H,10-14H2. The number of phenols is 1. The van der Waals surface area contributed by atoms with Crippen molar-refractivity contribution in [3.8, 4) is 5.75 Å². The number of aliphatic imine (C=N–C) groups is 1. The first kappa shape index (κ1) is 19.7. The molecule has 0 spiro atoms. The number of hydrogen-bond donors (Lipinski definition) is 1. The van der Waals surface area contributed by atoms with Crippen LogP contribution in [0.25, 0.3) is 0 Å². The maximum absolute atomic E-state index is 10.7. The van der Waals surface area contributed by atoms with Crippen LogP contribution in [0.2, 0.25) is 0 Å². The molecule has 1 fully saturated rings. The van der Waals surface area contributed by atoms with Crippen molar-refractivity contribution in [3.63, 3.8) is 0 Å². The molecule has 1 heterocycles. The van der Waals surface area contributed by atoms with Gasteiger partial charge in [0.05, 0.1) is 18.9 Å². The zero-order valence-electron chi connectivity index (χ0n) is 16.1. The van der Waals surface area contributed by atoms with E-state index < -0.39 is 0 Å². The quantitative estimate of drug-likeness (QED) is 0.534. The van der Waals surface area contributed by atoms with Crippen LogP contribution in [0.15, 0.2) is 76.2 Å². The maximum atomic E-state index is 10.7. The highest BCUT2D eigenvalue weighted by molar-refractivity contribution is 9.10. The summed E-state index contributed by atoms with van der Waals surface area (Å²) in [7, 11) is 0. The zero-order chi connectivity index (χ0) is 20.1. The van der Waals surface area contributed by atoms with E-state index in [2.05, 4.69) is 50.1 Å². The van der Waals surface area contributed by atoms with Gasteiger partial charge in [-0.2, -0.15) is 0 Å². The lowest BCUT2D eigenvalue weighted by Gasteiger charge is -2.28. The number of rotatable bonds is 5. The number of morpholine rings is 1. The Morgan fingerprint density at radius 1 is 1.00 bits per heavy atom. The summed E-state index contributed by atoms with van der Waals surface area (Å²) in [6.07, 6.45) is 2.39. The van der Waals surface area contributed by atoms with Gasteiger partial charge in [0.15, 0.2) is 0 Å². The van der Waals surface area contributed by atoms with E-state index in [1.807, 2.05) is 42.5 Å². The van der Waals surface area contributed by atoms with Gasteiger partial charge < -0.3 is 14.7 Å². The van der Waals surface area contributed by atoms with Gasteiger partial charge in [0.1, 0.15) is 5.75 Å². The zero-order valence-corrected chi connectivity index (χ0v) is 17.7. The smallest absolute Gasteiger partial charge is 0.127 e. The molecule has 0 amide bonds. The number of hydrogen-bond acceptors (Lipinski definition) is 4. The highest BCUT2D eigenvalue weighted by atomic mass is 79.9. The van der Waals surface area contributed by atoms with Crippen LogP contribution in [0, 0.1) is 0 Å². The summed E-state index contributed by atoms with van der Waals surface area (Å²) >= 11 is 3.55. The predicted molar refractivity (Wildman–Crippen MR) is 122 cm³/mol. The van der Waals surface area contributed by atoms with Crippen molar-refractivity contribution < 1.29 is 9.84 Å². The van der Waals surface area contributed by atoms with Crippen LogP contribution in [-0.2, 0) is 11.2 Å². The number of anilines is 1. The van der Waals surface area contributed by atoms with Gasteiger partial charge in [-0.1, -0.05) is 46.3 Å². The number of benzene rings is 3. The molecule has 1 aliphatic heterocycles. The van der Waals surface area contributed by atoms with Crippen molar-refractivity contribution in [2.45, 2.75) is 6.42 Å². The van der Waals surface area contributed by atoms with Crippen molar-refractivity contribution in [3.05, 3.63) is 87.9 Å². The molecule has 3 aromatic rings. The first-order chi connectivity index (χ1) is 14.2. The molecule has 1 aliphatic rings. The van der Waals surface area contributed by atoms with E-state index >= 15 is 0 Å². The molecule has 1 N–H and O–H groups in total. The Hall–Kier alpha value is -2.63. The van der Waals surface area contributed by atoms with Crippen LogP contribution in [0.5, 0.6) is 5.75 Å². The Kier molecular flexibility index (Phi) is 6.27. The molecular weight excluding hydrogens is 428 g/mol. The van der Waals surface area contributed by atoms with Crippen molar-refractivity contribution in [2.75, 3.05) is 31.2 Å². The molecule has 5 heteroatoms. The Labute approximate surface area is 179 Å². The van der Waals surface area contributed by atoms with Crippen LogP contribution in [0.4, 0.5) is 11.4 Å². The lowest BCUT2D eigenvalue weighted by atomic mass is 10.0.